The monoisotopic (exact) mass is 264 g/mol. The van der Waals surface area contributed by atoms with Crippen LogP contribution in [-0.4, -0.2) is 37.1 Å². The van der Waals surface area contributed by atoms with Crippen molar-refractivity contribution in [3.63, 3.8) is 0 Å². The van der Waals surface area contributed by atoms with Crippen LogP contribution in [0.15, 0.2) is 0 Å². The highest BCUT2D eigenvalue weighted by atomic mass is 15.1. The summed E-state index contributed by atoms with van der Waals surface area (Å²) in [6.45, 7) is 7.81. The molecule has 2 saturated carbocycles. The fourth-order valence-electron chi connectivity index (χ4n) is 4.25. The second-order valence-corrected chi connectivity index (χ2v) is 7.70. The third-order valence-electron chi connectivity index (χ3n) is 5.56. The second-order valence-electron chi connectivity index (χ2n) is 7.70. The summed E-state index contributed by atoms with van der Waals surface area (Å²) in [5.74, 6) is 0.922. The Balaban J connectivity index is 1.56. The van der Waals surface area contributed by atoms with Gasteiger partial charge in [0.15, 0.2) is 0 Å². The van der Waals surface area contributed by atoms with Gasteiger partial charge >= 0.3 is 0 Å². The van der Waals surface area contributed by atoms with Gasteiger partial charge in [-0.15, -0.1) is 0 Å². The van der Waals surface area contributed by atoms with Crippen molar-refractivity contribution in [3.8, 4) is 0 Å². The summed E-state index contributed by atoms with van der Waals surface area (Å²) in [7, 11) is 0. The van der Waals surface area contributed by atoms with Gasteiger partial charge in [-0.3, -0.25) is 0 Å². The van der Waals surface area contributed by atoms with Crippen molar-refractivity contribution in [1.82, 2.24) is 10.2 Å². The lowest BCUT2D eigenvalue weighted by molar-refractivity contribution is 0.0754. The lowest BCUT2D eigenvalue weighted by Crippen LogP contribution is -2.48. The van der Waals surface area contributed by atoms with Crippen LogP contribution in [0.25, 0.3) is 0 Å². The van der Waals surface area contributed by atoms with Gasteiger partial charge in [-0.1, -0.05) is 26.2 Å². The molecule has 1 N–H and O–H groups in total. The van der Waals surface area contributed by atoms with Crippen molar-refractivity contribution >= 4 is 0 Å². The zero-order valence-corrected chi connectivity index (χ0v) is 12.8. The molecule has 1 heterocycles. The van der Waals surface area contributed by atoms with Gasteiger partial charge < -0.3 is 10.2 Å². The minimum Gasteiger partial charge on any atom is -0.313 e. The molecule has 3 aliphatic rings. The Hall–Kier alpha value is -0.0800. The molecule has 2 nitrogen and oxygen atoms in total. The summed E-state index contributed by atoms with van der Waals surface area (Å²) in [6, 6.07) is 0.874. The van der Waals surface area contributed by atoms with Crippen LogP contribution in [0, 0.1) is 11.3 Å². The number of nitrogens with zero attached hydrogens (tertiary/aromatic N) is 1. The Kier molecular flexibility index (Phi) is 4.48. The first-order valence-corrected chi connectivity index (χ1v) is 8.72. The largest absolute Gasteiger partial charge is 0.313 e. The molecule has 1 aliphatic heterocycles. The Morgan fingerprint density at radius 3 is 2.53 bits per heavy atom. The van der Waals surface area contributed by atoms with Crippen LogP contribution < -0.4 is 5.32 Å². The molecule has 2 aliphatic carbocycles. The maximum absolute atomic E-state index is 3.84. The summed E-state index contributed by atoms with van der Waals surface area (Å²) in [5, 5.41) is 3.84. The van der Waals surface area contributed by atoms with E-state index >= 15 is 0 Å². The van der Waals surface area contributed by atoms with Gasteiger partial charge in [0.05, 0.1) is 0 Å². The van der Waals surface area contributed by atoms with Crippen LogP contribution >= 0.6 is 0 Å². The van der Waals surface area contributed by atoms with E-state index in [9.17, 15) is 0 Å². The van der Waals surface area contributed by atoms with E-state index in [1.165, 1.54) is 84.0 Å². The molecule has 3 rings (SSSR count). The average molecular weight is 264 g/mol. The minimum absolute atomic E-state index is 0.609. The minimum atomic E-state index is 0.609. The SMILES string of the molecule is CC1CCCN(CC2(CNC3CC3)CCCCC2)C1. The summed E-state index contributed by atoms with van der Waals surface area (Å²) in [5.41, 5.74) is 0.609. The Morgan fingerprint density at radius 2 is 1.84 bits per heavy atom. The van der Waals surface area contributed by atoms with Crippen molar-refractivity contribution in [3.05, 3.63) is 0 Å². The smallest absolute Gasteiger partial charge is 0.00684 e. The van der Waals surface area contributed by atoms with Crippen LogP contribution in [-0.2, 0) is 0 Å². The highest BCUT2D eigenvalue weighted by molar-refractivity contribution is 4.92. The number of likely N-dealkylation sites (tertiary alicyclic amines) is 1. The first kappa shape index (κ1) is 13.9. The Bertz CT molecular complexity index is 279. The summed E-state index contributed by atoms with van der Waals surface area (Å²) < 4.78 is 0. The molecule has 3 fully saturated rings. The molecule has 0 bridgehead atoms. The van der Waals surface area contributed by atoms with Gasteiger partial charge in [0.2, 0.25) is 0 Å². The number of rotatable bonds is 5. The van der Waals surface area contributed by atoms with Gasteiger partial charge in [0, 0.05) is 25.7 Å². The molecule has 110 valence electrons. The molecule has 1 saturated heterocycles. The maximum Gasteiger partial charge on any atom is 0.00684 e. The van der Waals surface area contributed by atoms with E-state index in [4.69, 9.17) is 0 Å². The molecular weight excluding hydrogens is 232 g/mol. The van der Waals surface area contributed by atoms with E-state index in [0.29, 0.717) is 5.41 Å². The van der Waals surface area contributed by atoms with E-state index in [0.717, 1.165) is 12.0 Å². The number of hydrogen-bond donors (Lipinski definition) is 1. The van der Waals surface area contributed by atoms with Gasteiger partial charge in [-0.05, 0) is 56.4 Å². The molecule has 0 amide bonds. The standard InChI is InChI=1S/C17H32N2/c1-15-6-5-11-19(12-15)14-17(9-3-2-4-10-17)13-18-16-7-8-16/h15-16,18H,2-14H2,1H3. The van der Waals surface area contributed by atoms with Crippen molar-refractivity contribution in [2.75, 3.05) is 26.2 Å². The summed E-state index contributed by atoms with van der Waals surface area (Å²) >= 11 is 0. The van der Waals surface area contributed by atoms with Crippen LogP contribution in [0.1, 0.15) is 64.7 Å². The predicted octanol–water partition coefficient (Wildman–Crippen LogP) is 3.42. The van der Waals surface area contributed by atoms with Crippen LogP contribution in [0.2, 0.25) is 0 Å². The lowest BCUT2D eigenvalue weighted by atomic mass is 9.73. The second kappa shape index (κ2) is 6.13. The zero-order valence-electron chi connectivity index (χ0n) is 12.8. The Labute approximate surface area is 119 Å². The van der Waals surface area contributed by atoms with Gasteiger partial charge in [0.1, 0.15) is 0 Å². The molecule has 1 unspecified atom stereocenters. The molecule has 0 aromatic carbocycles. The molecule has 0 aromatic heterocycles. The third kappa shape index (κ3) is 3.95. The van der Waals surface area contributed by atoms with Crippen molar-refractivity contribution in [2.45, 2.75) is 70.8 Å². The van der Waals surface area contributed by atoms with E-state index in [1.807, 2.05) is 0 Å². The fraction of sp³-hybridized carbons (Fsp3) is 1.00. The first-order chi connectivity index (χ1) is 9.26. The van der Waals surface area contributed by atoms with Crippen molar-refractivity contribution in [1.29, 1.82) is 0 Å². The van der Waals surface area contributed by atoms with Crippen LogP contribution in [0.4, 0.5) is 0 Å². The Morgan fingerprint density at radius 1 is 1.05 bits per heavy atom. The number of nitrogens with one attached hydrogen (secondary N) is 1. The topological polar surface area (TPSA) is 15.3 Å². The van der Waals surface area contributed by atoms with Crippen molar-refractivity contribution in [2.24, 2.45) is 11.3 Å². The van der Waals surface area contributed by atoms with Crippen LogP contribution in [0.3, 0.4) is 0 Å². The molecule has 19 heavy (non-hydrogen) atoms. The van der Waals surface area contributed by atoms with E-state index in [1.54, 1.807) is 0 Å². The molecule has 1 atom stereocenters. The lowest BCUT2D eigenvalue weighted by Gasteiger charge is -2.43. The van der Waals surface area contributed by atoms with E-state index < -0.39 is 0 Å². The first-order valence-electron chi connectivity index (χ1n) is 8.72. The van der Waals surface area contributed by atoms with Gasteiger partial charge in [0.25, 0.3) is 0 Å². The maximum atomic E-state index is 3.84. The van der Waals surface area contributed by atoms with E-state index in [2.05, 4.69) is 17.1 Å². The highest BCUT2D eigenvalue weighted by Crippen LogP contribution is 2.38. The summed E-state index contributed by atoms with van der Waals surface area (Å²) in [6.07, 6.45) is 13.1. The number of piperidine rings is 1. The highest BCUT2D eigenvalue weighted by Gasteiger charge is 2.36. The third-order valence-corrected chi connectivity index (χ3v) is 5.56. The van der Waals surface area contributed by atoms with E-state index in [-0.39, 0.29) is 0 Å². The summed E-state index contributed by atoms with van der Waals surface area (Å²) in [4.78, 5) is 2.79. The number of hydrogen-bond acceptors (Lipinski definition) is 2. The van der Waals surface area contributed by atoms with Crippen molar-refractivity contribution < 1.29 is 0 Å². The quantitative estimate of drug-likeness (QED) is 0.818. The average Bonchev–Trinajstić information content (AvgIpc) is 3.22. The normalized spacial score (nSPS) is 32.4. The fourth-order valence-corrected chi connectivity index (χ4v) is 4.25. The molecule has 0 spiro atoms. The van der Waals surface area contributed by atoms with Gasteiger partial charge in [-0.25, -0.2) is 0 Å². The molecule has 2 heteroatoms. The zero-order chi connectivity index (χ0) is 13.1. The van der Waals surface area contributed by atoms with Gasteiger partial charge in [-0.2, -0.15) is 0 Å². The molecule has 0 radical (unpaired) electrons. The van der Waals surface area contributed by atoms with Crippen LogP contribution in [0.5, 0.6) is 0 Å². The molecule has 0 aromatic rings. The molecular formula is C17H32N2. The predicted molar refractivity (Wildman–Crippen MR) is 81.4 cm³/mol.